The van der Waals surface area contributed by atoms with Gasteiger partial charge in [0.05, 0.1) is 0 Å². The van der Waals surface area contributed by atoms with Crippen LogP contribution in [0.5, 0.6) is 0 Å². The Morgan fingerprint density at radius 2 is 1.00 bits per heavy atom. The Balaban J connectivity index is -0.000000147. The second-order valence-corrected chi connectivity index (χ2v) is 5.40. The van der Waals surface area contributed by atoms with Crippen molar-refractivity contribution in [2.24, 2.45) is 17.3 Å². The first-order valence-electron chi connectivity index (χ1n) is 5.35. The fourth-order valence-corrected chi connectivity index (χ4v) is 0. The number of hydrogen-bond acceptors (Lipinski definition) is 0. The van der Waals surface area contributed by atoms with Gasteiger partial charge in [-0.2, -0.15) is 0 Å². The minimum atomic E-state index is 0.542. The Morgan fingerprint density at radius 1 is 0.857 bits per heavy atom. The molecule has 0 aliphatic rings. The molecule has 0 bridgehead atoms. The van der Waals surface area contributed by atoms with Crippen molar-refractivity contribution in [3.63, 3.8) is 0 Å². The molecule has 0 aliphatic heterocycles. The van der Waals surface area contributed by atoms with E-state index >= 15 is 0 Å². The van der Waals surface area contributed by atoms with Crippen LogP contribution in [-0.2, 0) is 0 Å². The van der Waals surface area contributed by atoms with Crippen molar-refractivity contribution in [3.05, 3.63) is 0 Å². The molecule has 0 rings (SSSR count). The highest BCUT2D eigenvalue weighted by atomic mass is 128. The van der Waals surface area contributed by atoms with Gasteiger partial charge in [-0.25, -0.2) is 0 Å². The van der Waals surface area contributed by atoms with Gasteiger partial charge in [0.15, 0.2) is 0 Å². The molecular formula is C12H28I2. The summed E-state index contributed by atoms with van der Waals surface area (Å²) in [7, 11) is 0. The summed E-state index contributed by atoms with van der Waals surface area (Å²) in [6.45, 7) is 17.9. The van der Waals surface area contributed by atoms with E-state index in [-0.39, 0.29) is 0 Å². The molecule has 14 heavy (non-hydrogen) atoms. The molecule has 0 atom stereocenters. The number of halogens is 2. The van der Waals surface area contributed by atoms with Gasteiger partial charge in [-0.15, -0.1) is 0 Å². The average Bonchev–Trinajstić information content (AvgIpc) is 2.07. The lowest BCUT2D eigenvalue weighted by Crippen LogP contribution is -2.00. The third-order valence-corrected chi connectivity index (χ3v) is 2.39. The zero-order valence-electron chi connectivity index (χ0n) is 11.1. The van der Waals surface area contributed by atoms with Gasteiger partial charge in [0.1, 0.15) is 0 Å². The summed E-state index contributed by atoms with van der Waals surface area (Å²) >= 11 is 4.24. The maximum absolute atomic E-state index is 2.24. The van der Waals surface area contributed by atoms with E-state index in [0.29, 0.717) is 5.41 Å². The van der Waals surface area contributed by atoms with Crippen LogP contribution in [0.1, 0.15) is 61.8 Å². The molecular weight excluding hydrogens is 398 g/mol. The zero-order valence-corrected chi connectivity index (χ0v) is 15.4. The molecule has 90 valence electrons. The van der Waals surface area contributed by atoms with Gasteiger partial charge in [0.25, 0.3) is 0 Å². The van der Waals surface area contributed by atoms with E-state index in [1.165, 1.54) is 6.42 Å². The van der Waals surface area contributed by atoms with Gasteiger partial charge in [-0.1, -0.05) is 61.8 Å². The first-order valence-corrected chi connectivity index (χ1v) is 11.6. The second kappa shape index (κ2) is 12.5. The summed E-state index contributed by atoms with van der Waals surface area (Å²) < 4.78 is 0. The van der Waals surface area contributed by atoms with Crippen molar-refractivity contribution in [3.8, 4) is 0 Å². The van der Waals surface area contributed by atoms with E-state index in [9.17, 15) is 0 Å². The van der Waals surface area contributed by atoms with Crippen LogP contribution < -0.4 is 0 Å². The first-order chi connectivity index (χ1) is 6.20. The van der Waals surface area contributed by atoms with Crippen LogP contribution in [-0.4, -0.2) is 0 Å². The molecule has 0 saturated carbocycles. The molecule has 0 N–H and O–H groups in total. The van der Waals surface area contributed by atoms with E-state index < -0.39 is 0 Å². The van der Waals surface area contributed by atoms with Gasteiger partial charge in [-0.05, 0) is 17.3 Å². The van der Waals surface area contributed by atoms with Gasteiger partial charge in [0, 0.05) is 37.2 Å². The summed E-state index contributed by atoms with van der Waals surface area (Å²) in [5, 5.41) is 0. The van der Waals surface area contributed by atoms with Crippen LogP contribution in [0.3, 0.4) is 0 Å². The minimum Gasteiger partial charge on any atom is -0.0649 e. The quantitative estimate of drug-likeness (QED) is 0.420. The van der Waals surface area contributed by atoms with Crippen molar-refractivity contribution >= 4 is 37.2 Å². The Labute approximate surface area is 115 Å². The summed E-state index contributed by atoms with van der Waals surface area (Å²) in [6, 6.07) is 0. The van der Waals surface area contributed by atoms with Crippen molar-refractivity contribution in [2.45, 2.75) is 61.8 Å². The van der Waals surface area contributed by atoms with Crippen LogP contribution in [0.15, 0.2) is 0 Å². The van der Waals surface area contributed by atoms with Crippen molar-refractivity contribution in [2.75, 3.05) is 0 Å². The molecule has 0 aromatic rings. The fourth-order valence-electron chi connectivity index (χ4n) is 0. The zero-order chi connectivity index (χ0) is 12.4. The molecule has 2 heteroatoms. The molecule has 0 spiro atoms. The van der Waals surface area contributed by atoms with E-state index in [2.05, 4.69) is 92.6 Å². The maximum Gasteiger partial charge on any atom is 0 e. The van der Waals surface area contributed by atoms with Gasteiger partial charge < -0.3 is 0 Å². The molecule has 0 aliphatic carbocycles. The summed E-state index contributed by atoms with van der Waals surface area (Å²) in [5.41, 5.74) is 0.542. The van der Waals surface area contributed by atoms with Crippen LogP contribution in [0.25, 0.3) is 0 Å². The van der Waals surface area contributed by atoms with Crippen LogP contribution in [0.2, 0.25) is 0 Å². The van der Waals surface area contributed by atoms with Crippen molar-refractivity contribution in [1.29, 1.82) is 0 Å². The highest BCUT2D eigenvalue weighted by Gasteiger charge is 2.03. The predicted molar refractivity (Wildman–Crippen MR) is 87.5 cm³/mol. The molecule has 0 nitrogen and oxygen atoms in total. The van der Waals surface area contributed by atoms with Gasteiger partial charge in [0.2, 0.25) is 0 Å². The van der Waals surface area contributed by atoms with E-state index in [1.807, 2.05) is 0 Å². The largest absolute Gasteiger partial charge is 0.0649 e. The van der Waals surface area contributed by atoms with E-state index in [4.69, 9.17) is 0 Å². The molecule has 0 saturated heterocycles. The SMILES string of the molecule is CC(C)C(C)C.CCC(C)(C)C.II. The minimum absolute atomic E-state index is 0.542. The molecule has 0 amide bonds. The first kappa shape index (κ1) is 20.8. The van der Waals surface area contributed by atoms with Crippen LogP contribution in [0.4, 0.5) is 0 Å². The highest BCUT2D eigenvalue weighted by molar-refractivity contribution is 15.0. The lowest BCUT2D eigenvalue weighted by atomic mass is 9.94. The second-order valence-electron chi connectivity index (χ2n) is 5.40. The Bertz CT molecular complexity index is 85.0. The van der Waals surface area contributed by atoms with E-state index in [1.54, 1.807) is 0 Å². The topological polar surface area (TPSA) is 0 Å². The maximum atomic E-state index is 2.24. The highest BCUT2D eigenvalue weighted by Crippen LogP contribution is 2.16. The fraction of sp³-hybridized carbons (Fsp3) is 1.00. The smallest absolute Gasteiger partial charge is 0 e. The third kappa shape index (κ3) is 29.2. The molecule has 0 unspecified atom stereocenters. The van der Waals surface area contributed by atoms with Crippen molar-refractivity contribution < 1.29 is 0 Å². The number of rotatable bonds is 1. The van der Waals surface area contributed by atoms with Gasteiger partial charge >= 0.3 is 0 Å². The average molecular weight is 426 g/mol. The Kier molecular flexibility index (Phi) is 18.6. The lowest BCUT2D eigenvalue weighted by molar-refractivity contribution is 0.398. The molecule has 0 aromatic heterocycles. The standard InChI is InChI=1S/2C6H14.I2/c1-5-6(2,3)4;1-5(2)6(3)4;1-2/h5H2,1-4H3;5-6H,1-4H3;. The molecule has 0 heterocycles. The monoisotopic (exact) mass is 426 g/mol. The third-order valence-electron chi connectivity index (χ3n) is 2.39. The molecule has 0 fully saturated rings. The lowest BCUT2D eigenvalue weighted by Gasteiger charge is -2.12. The van der Waals surface area contributed by atoms with Crippen molar-refractivity contribution in [1.82, 2.24) is 0 Å². The predicted octanol–water partition coefficient (Wildman–Crippen LogP) is 6.51. The molecule has 0 aromatic carbocycles. The summed E-state index contributed by atoms with van der Waals surface area (Å²) in [5.74, 6) is 1.70. The van der Waals surface area contributed by atoms with Gasteiger partial charge in [-0.3, -0.25) is 0 Å². The van der Waals surface area contributed by atoms with E-state index in [0.717, 1.165) is 11.8 Å². The summed E-state index contributed by atoms with van der Waals surface area (Å²) in [4.78, 5) is 0. The Morgan fingerprint density at radius 3 is 1.00 bits per heavy atom. The Hall–Kier alpha value is 1.46. The molecule has 0 radical (unpaired) electrons. The summed E-state index contributed by atoms with van der Waals surface area (Å²) in [6.07, 6.45) is 1.27. The van der Waals surface area contributed by atoms with Crippen LogP contribution >= 0.6 is 37.2 Å². The van der Waals surface area contributed by atoms with Crippen LogP contribution in [0, 0.1) is 17.3 Å². The normalized spacial score (nSPS) is 10.3. The number of hydrogen-bond donors (Lipinski definition) is 0.